The standard InChI is InChI=1S/C23H25N3O4S/c1-16(2)20-12-7-17(3)14-21(20)30-15-23(27)25-18-8-10-19(11-9-18)31(28,29)26-22-6-4-5-13-24-22/h4-14,16H,15H2,1-3H3,(H,24,26)(H,25,27). The first-order valence-electron chi connectivity index (χ1n) is 9.82. The molecule has 8 heteroatoms. The highest BCUT2D eigenvalue weighted by Crippen LogP contribution is 2.27. The van der Waals surface area contributed by atoms with Gasteiger partial charge < -0.3 is 10.1 Å². The molecule has 1 heterocycles. The highest BCUT2D eigenvalue weighted by Gasteiger charge is 2.15. The third-order valence-corrected chi connectivity index (χ3v) is 5.87. The number of nitrogens with zero attached hydrogens (tertiary/aromatic N) is 1. The van der Waals surface area contributed by atoms with Crippen molar-refractivity contribution in [2.45, 2.75) is 31.6 Å². The topological polar surface area (TPSA) is 97.4 Å². The predicted octanol–water partition coefficient (Wildman–Crippen LogP) is 4.33. The average molecular weight is 440 g/mol. The number of carbonyl (C=O) groups excluding carboxylic acids is 1. The maximum Gasteiger partial charge on any atom is 0.263 e. The summed E-state index contributed by atoms with van der Waals surface area (Å²) in [5.74, 6) is 0.854. The van der Waals surface area contributed by atoms with E-state index in [2.05, 4.69) is 28.9 Å². The molecule has 0 aliphatic rings. The summed E-state index contributed by atoms with van der Waals surface area (Å²) < 4.78 is 33.0. The van der Waals surface area contributed by atoms with Gasteiger partial charge in [0, 0.05) is 11.9 Å². The molecule has 1 amide bonds. The fourth-order valence-electron chi connectivity index (χ4n) is 2.92. The number of hydrogen-bond donors (Lipinski definition) is 2. The quantitative estimate of drug-likeness (QED) is 0.544. The third-order valence-electron chi connectivity index (χ3n) is 4.50. The summed E-state index contributed by atoms with van der Waals surface area (Å²) in [6.07, 6.45) is 1.50. The number of aryl methyl sites for hydroxylation is 1. The summed E-state index contributed by atoms with van der Waals surface area (Å²) >= 11 is 0. The first-order chi connectivity index (χ1) is 14.7. The van der Waals surface area contributed by atoms with Gasteiger partial charge in [0.1, 0.15) is 11.6 Å². The van der Waals surface area contributed by atoms with Crippen LogP contribution in [0.3, 0.4) is 0 Å². The summed E-state index contributed by atoms with van der Waals surface area (Å²) in [7, 11) is -3.77. The number of benzene rings is 2. The van der Waals surface area contributed by atoms with Gasteiger partial charge in [-0.25, -0.2) is 13.4 Å². The lowest BCUT2D eigenvalue weighted by Gasteiger charge is -2.15. The van der Waals surface area contributed by atoms with Gasteiger partial charge in [-0.05, 0) is 66.4 Å². The Hall–Kier alpha value is -3.39. The van der Waals surface area contributed by atoms with Gasteiger partial charge in [-0.3, -0.25) is 9.52 Å². The van der Waals surface area contributed by atoms with Crippen LogP contribution in [-0.2, 0) is 14.8 Å². The summed E-state index contributed by atoms with van der Waals surface area (Å²) in [5, 5.41) is 2.71. The first kappa shape index (κ1) is 22.3. The van der Waals surface area contributed by atoms with Crippen LogP contribution in [0.2, 0.25) is 0 Å². The predicted molar refractivity (Wildman–Crippen MR) is 121 cm³/mol. The SMILES string of the molecule is Cc1ccc(C(C)C)c(OCC(=O)Nc2ccc(S(=O)(=O)Nc3ccccn3)cc2)c1. The molecule has 0 radical (unpaired) electrons. The lowest BCUT2D eigenvalue weighted by atomic mass is 10.0. The van der Waals surface area contributed by atoms with E-state index in [9.17, 15) is 13.2 Å². The van der Waals surface area contributed by atoms with E-state index in [0.717, 1.165) is 11.1 Å². The second kappa shape index (κ2) is 9.61. The molecule has 162 valence electrons. The van der Waals surface area contributed by atoms with Gasteiger partial charge in [0.25, 0.3) is 15.9 Å². The fraction of sp³-hybridized carbons (Fsp3) is 0.217. The molecule has 0 saturated heterocycles. The second-order valence-corrected chi connectivity index (χ2v) is 9.06. The minimum absolute atomic E-state index is 0.0636. The lowest BCUT2D eigenvalue weighted by molar-refractivity contribution is -0.118. The Balaban J connectivity index is 1.61. The van der Waals surface area contributed by atoms with Crippen LogP contribution in [0.4, 0.5) is 11.5 Å². The zero-order valence-electron chi connectivity index (χ0n) is 17.6. The zero-order chi connectivity index (χ0) is 22.4. The molecule has 3 aromatic rings. The molecule has 7 nitrogen and oxygen atoms in total. The van der Waals surface area contributed by atoms with E-state index < -0.39 is 10.0 Å². The average Bonchev–Trinajstić information content (AvgIpc) is 2.73. The summed E-state index contributed by atoms with van der Waals surface area (Å²) in [6, 6.07) is 16.8. The summed E-state index contributed by atoms with van der Waals surface area (Å²) in [6.45, 7) is 5.95. The third kappa shape index (κ3) is 6.05. The minimum atomic E-state index is -3.77. The van der Waals surface area contributed by atoms with Crippen LogP contribution >= 0.6 is 0 Å². The number of hydrogen-bond acceptors (Lipinski definition) is 5. The highest BCUT2D eigenvalue weighted by molar-refractivity contribution is 7.92. The van der Waals surface area contributed by atoms with Gasteiger partial charge in [0.2, 0.25) is 0 Å². The number of rotatable bonds is 8. The summed E-state index contributed by atoms with van der Waals surface area (Å²) in [5.41, 5.74) is 2.56. The van der Waals surface area contributed by atoms with E-state index in [1.165, 1.54) is 30.5 Å². The molecule has 2 N–H and O–H groups in total. The van der Waals surface area contributed by atoms with Gasteiger partial charge >= 0.3 is 0 Å². The fourth-order valence-corrected chi connectivity index (χ4v) is 3.93. The van der Waals surface area contributed by atoms with E-state index >= 15 is 0 Å². The Kier molecular flexibility index (Phi) is 6.91. The van der Waals surface area contributed by atoms with E-state index in [-0.39, 0.29) is 29.1 Å². The lowest BCUT2D eigenvalue weighted by Crippen LogP contribution is -2.21. The van der Waals surface area contributed by atoms with Gasteiger partial charge in [0.05, 0.1) is 4.90 Å². The Morgan fingerprint density at radius 3 is 2.45 bits per heavy atom. The van der Waals surface area contributed by atoms with Crippen molar-refractivity contribution in [2.24, 2.45) is 0 Å². The van der Waals surface area contributed by atoms with Crippen molar-refractivity contribution in [1.29, 1.82) is 0 Å². The molecule has 3 rings (SSSR count). The largest absolute Gasteiger partial charge is 0.483 e. The maximum absolute atomic E-state index is 12.5. The number of carbonyl (C=O) groups is 1. The van der Waals surface area contributed by atoms with Crippen LogP contribution in [0.25, 0.3) is 0 Å². The van der Waals surface area contributed by atoms with Crippen molar-refractivity contribution in [3.8, 4) is 5.75 Å². The monoisotopic (exact) mass is 439 g/mol. The molecular weight excluding hydrogens is 414 g/mol. The molecule has 0 aliphatic carbocycles. The van der Waals surface area contributed by atoms with Crippen molar-refractivity contribution in [2.75, 3.05) is 16.6 Å². The van der Waals surface area contributed by atoms with Crippen LogP contribution in [0.5, 0.6) is 5.75 Å². The molecule has 0 bridgehead atoms. The number of pyridine rings is 1. The molecule has 0 spiro atoms. The maximum atomic E-state index is 12.5. The van der Waals surface area contributed by atoms with Crippen molar-refractivity contribution >= 4 is 27.4 Å². The second-order valence-electron chi connectivity index (χ2n) is 7.38. The molecule has 2 aromatic carbocycles. The molecule has 0 atom stereocenters. The Bertz CT molecular complexity index is 1150. The van der Waals surface area contributed by atoms with E-state index in [4.69, 9.17) is 4.74 Å². The number of nitrogens with one attached hydrogen (secondary N) is 2. The minimum Gasteiger partial charge on any atom is -0.483 e. The van der Waals surface area contributed by atoms with Crippen LogP contribution in [0, 0.1) is 6.92 Å². The van der Waals surface area contributed by atoms with Crippen LogP contribution in [0.1, 0.15) is 30.9 Å². The molecule has 31 heavy (non-hydrogen) atoms. The number of ether oxygens (including phenoxy) is 1. The van der Waals surface area contributed by atoms with Crippen LogP contribution in [0.15, 0.2) is 71.8 Å². The number of anilines is 2. The molecular formula is C23H25N3O4S. The molecule has 0 unspecified atom stereocenters. The molecule has 1 aromatic heterocycles. The molecule has 0 aliphatic heterocycles. The van der Waals surface area contributed by atoms with Gasteiger partial charge in [-0.2, -0.15) is 0 Å². The van der Waals surface area contributed by atoms with E-state index in [0.29, 0.717) is 11.4 Å². The van der Waals surface area contributed by atoms with Gasteiger partial charge in [-0.15, -0.1) is 0 Å². The van der Waals surface area contributed by atoms with Crippen molar-refractivity contribution < 1.29 is 17.9 Å². The van der Waals surface area contributed by atoms with Crippen molar-refractivity contribution in [3.63, 3.8) is 0 Å². The number of aromatic nitrogens is 1. The van der Waals surface area contributed by atoms with Crippen molar-refractivity contribution in [1.82, 2.24) is 4.98 Å². The Morgan fingerprint density at radius 1 is 1.06 bits per heavy atom. The summed E-state index contributed by atoms with van der Waals surface area (Å²) in [4.78, 5) is 16.3. The molecule has 0 saturated carbocycles. The first-order valence-corrected chi connectivity index (χ1v) is 11.3. The van der Waals surface area contributed by atoms with E-state index in [1.54, 1.807) is 18.2 Å². The Labute approximate surface area is 182 Å². The zero-order valence-corrected chi connectivity index (χ0v) is 18.4. The van der Waals surface area contributed by atoms with Crippen LogP contribution < -0.4 is 14.8 Å². The normalized spacial score (nSPS) is 11.2. The number of sulfonamides is 1. The van der Waals surface area contributed by atoms with Crippen molar-refractivity contribution in [3.05, 3.63) is 78.0 Å². The van der Waals surface area contributed by atoms with E-state index in [1.807, 2.05) is 25.1 Å². The van der Waals surface area contributed by atoms with Gasteiger partial charge in [0.15, 0.2) is 6.61 Å². The number of amides is 1. The smallest absolute Gasteiger partial charge is 0.263 e. The molecule has 0 fully saturated rings. The Morgan fingerprint density at radius 2 is 1.81 bits per heavy atom. The van der Waals surface area contributed by atoms with Crippen LogP contribution in [-0.4, -0.2) is 25.9 Å². The highest BCUT2D eigenvalue weighted by atomic mass is 32.2. The van der Waals surface area contributed by atoms with Gasteiger partial charge in [-0.1, -0.05) is 32.0 Å².